The lowest BCUT2D eigenvalue weighted by atomic mass is 10.2. The molecule has 1 unspecified atom stereocenters. The lowest BCUT2D eigenvalue weighted by Crippen LogP contribution is -2.35. The average Bonchev–Trinajstić information content (AvgIpc) is 3.44. The lowest BCUT2D eigenvalue weighted by Gasteiger charge is -2.25. The molecule has 0 radical (unpaired) electrons. The van der Waals surface area contributed by atoms with Gasteiger partial charge in [-0.05, 0) is 48.6 Å². The molecular formula is C21H23N5O4S3. The van der Waals surface area contributed by atoms with E-state index in [-0.39, 0.29) is 23.1 Å². The molecule has 1 aromatic heterocycles. The van der Waals surface area contributed by atoms with Gasteiger partial charge in [-0.2, -0.15) is 9.41 Å². The van der Waals surface area contributed by atoms with Gasteiger partial charge in [-0.25, -0.2) is 8.42 Å². The fourth-order valence-electron chi connectivity index (χ4n) is 3.43. The van der Waals surface area contributed by atoms with Crippen molar-refractivity contribution in [3.05, 3.63) is 46.7 Å². The Labute approximate surface area is 200 Å². The van der Waals surface area contributed by atoms with Crippen LogP contribution in [0.1, 0.15) is 30.6 Å². The number of carbonyl (C=O) groups is 2. The molecule has 2 aromatic rings. The molecule has 1 atom stereocenters. The summed E-state index contributed by atoms with van der Waals surface area (Å²) in [6.07, 6.45) is 4.34. The van der Waals surface area contributed by atoms with E-state index in [2.05, 4.69) is 20.8 Å². The summed E-state index contributed by atoms with van der Waals surface area (Å²) in [5, 5.41) is 14.9. The number of nitrogens with zero attached hydrogens (tertiary/aromatic N) is 3. The smallest absolute Gasteiger partial charge is 0.243 e. The van der Waals surface area contributed by atoms with Gasteiger partial charge in [0.05, 0.1) is 11.1 Å². The van der Waals surface area contributed by atoms with Crippen LogP contribution in [0.15, 0.2) is 56.9 Å². The molecule has 33 heavy (non-hydrogen) atoms. The fraction of sp³-hybridized carbons (Fsp3) is 0.333. The van der Waals surface area contributed by atoms with Gasteiger partial charge in [0.25, 0.3) is 0 Å². The Hall–Kier alpha value is -2.54. The number of piperidine rings is 1. The molecule has 174 valence electrons. The quantitative estimate of drug-likeness (QED) is 0.443. The molecule has 2 aliphatic rings. The monoisotopic (exact) mass is 505 g/mol. The zero-order chi connectivity index (χ0) is 23.3. The van der Waals surface area contributed by atoms with E-state index in [1.165, 1.54) is 27.8 Å². The Bertz CT molecular complexity index is 1160. The Morgan fingerprint density at radius 3 is 2.64 bits per heavy atom. The molecule has 0 spiro atoms. The minimum absolute atomic E-state index is 0.0437. The van der Waals surface area contributed by atoms with Gasteiger partial charge in [0.1, 0.15) is 5.25 Å². The van der Waals surface area contributed by atoms with Gasteiger partial charge in [-0.3, -0.25) is 9.59 Å². The number of rotatable bonds is 7. The first kappa shape index (κ1) is 23.6. The maximum atomic E-state index is 12.7. The van der Waals surface area contributed by atoms with Crippen LogP contribution in [0.4, 0.5) is 5.69 Å². The Kier molecular flexibility index (Phi) is 7.58. The zero-order valence-corrected chi connectivity index (χ0v) is 20.1. The van der Waals surface area contributed by atoms with Crippen LogP contribution in [0.5, 0.6) is 0 Å². The number of amides is 2. The number of benzene rings is 1. The number of carbonyl (C=O) groups excluding carboxylic acids is 2. The van der Waals surface area contributed by atoms with Crippen LogP contribution in [0, 0.1) is 0 Å². The molecule has 3 heterocycles. The van der Waals surface area contributed by atoms with E-state index >= 15 is 0 Å². The number of anilines is 1. The summed E-state index contributed by atoms with van der Waals surface area (Å²) < 4.78 is 27.0. The van der Waals surface area contributed by atoms with Crippen molar-refractivity contribution in [1.29, 1.82) is 0 Å². The lowest BCUT2D eigenvalue weighted by molar-refractivity contribution is -0.122. The Balaban J connectivity index is 1.31. The maximum Gasteiger partial charge on any atom is 0.243 e. The molecule has 0 aliphatic carbocycles. The summed E-state index contributed by atoms with van der Waals surface area (Å²) in [5.41, 5.74) is 0.468. The van der Waals surface area contributed by atoms with Gasteiger partial charge >= 0.3 is 0 Å². The summed E-state index contributed by atoms with van der Waals surface area (Å²) >= 11 is 2.67. The number of hydrogen-bond donors (Lipinski definition) is 2. The van der Waals surface area contributed by atoms with Crippen molar-refractivity contribution in [3.8, 4) is 0 Å². The average molecular weight is 506 g/mol. The number of nitrogens with one attached hydrogen (secondary N) is 2. The normalized spacial score (nSPS) is 20.9. The minimum atomic E-state index is -3.52. The first-order valence-electron chi connectivity index (χ1n) is 10.4. The second-order valence-corrected chi connectivity index (χ2v) is 11.6. The standard InChI is InChI=1S/C21H23N5O4S3/c27-19(13-18-20(28)24-21(32-18)25-22-14-16-5-4-12-31-16)23-15-6-8-17(9-7-15)33(29,30)26-10-2-1-3-11-26/h4-9,12,14,18H,1-3,10-11,13H2,(H,23,27)(H,24,25,28). The summed E-state index contributed by atoms with van der Waals surface area (Å²) in [4.78, 5) is 25.7. The highest BCUT2D eigenvalue weighted by Crippen LogP contribution is 2.24. The van der Waals surface area contributed by atoms with E-state index in [0.29, 0.717) is 23.9 Å². The third-order valence-electron chi connectivity index (χ3n) is 5.11. The Morgan fingerprint density at radius 2 is 1.94 bits per heavy atom. The van der Waals surface area contributed by atoms with Crippen LogP contribution >= 0.6 is 23.1 Å². The molecule has 2 saturated heterocycles. The third kappa shape index (κ3) is 6.08. The predicted molar refractivity (Wildman–Crippen MR) is 131 cm³/mol. The molecule has 4 rings (SSSR count). The zero-order valence-electron chi connectivity index (χ0n) is 17.6. The van der Waals surface area contributed by atoms with Crippen molar-refractivity contribution in [2.75, 3.05) is 18.4 Å². The summed E-state index contributed by atoms with van der Waals surface area (Å²) in [6.45, 7) is 1.07. The SMILES string of the molecule is O=C(CC1SC(=NN=Cc2cccs2)NC1=O)Nc1ccc(S(=O)(=O)N2CCCCC2)cc1. The van der Waals surface area contributed by atoms with Crippen molar-refractivity contribution in [2.24, 2.45) is 10.2 Å². The number of amidine groups is 1. The summed E-state index contributed by atoms with van der Waals surface area (Å²) in [6, 6.07) is 9.91. The van der Waals surface area contributed by atoms with Gasteiger partial charge in [0.2, 0.25) is 21.8 Å². The largest absolute Gasteiger partial charge is 0.326 e. The number of thioether (sulfide) groups is 1. The van der Waals surface area contributed by atoms with Crippen molar-refractivity contribution >= 4 is 62.0 Å². The van der Waals surface area contributed by atoms with E-state index in [1.54, 1.807) is 18.3 Å². The summed E-state index contributed by atoms with van der Waals surface area (Å²) in [7, 11) is -3.52. The van der Waals surface area contributed by atoms with Gasteiger partial charge in [0, 0.05) is 30.1 Å². The van der Waals surface area contributed by atoms with Crippen LogP contribution in [-0.2, 0) is 19.6 Å². The molecule has 0 bridgehead atoms. The molecule has 2 N–H and O–H groups in total. The molecule has 2 amide bonds. The van der Waals surface area contributed by atoms with Crippen LogP contribution in [0.25, 0.3) is 0 Å². The van der Waals surface area contributed by atoms with Gasteiger partial charge < -0.3 is 10.6 Å². The number of thiophene rings is 1. The van der Waals surface area contributed by atoms with Gasteiger partial charge in [0.15, 0.2) is 5.17 Å². The van der Waals surface area contributed by atoms with Gasteiger partial charge in [-0.15, -0.1) is 16.4 Å². The van der Waals surface area contributed by atoms with Crippen molar-refractivity contribution in [2.45, 2.75) is 35.8 Å². The van der Waals surface area contributed by atoms with E-state index in [0.717, 1.165) is 35.9 Å². The second-order valence-electron chi connectivity index (χ2n) is 7.50. The minimum Gasteiger partial charge on any atom is -0.326 e. The first-order valence-corrected chi connectivity index (χ1v) is 13.6. The van der Waals surface area contributed by atoms with E-state index in [4.69, 9.17) is 0 Å². The van der Waals surface area contributed by atoms with Crippen molar-refractivity contribution < 1.29 is 18.0 Å². The molecule has 9 nitrogen and oxygen atoms in total. The Morgan fingerprint density at radius 1 is 1.18 bits per heavy atom. The van der Waals surface area contributed by atoms with Crippen LogP contribution in [0.3, 0.4) is 0 Å². The van der Waals surface area contributed by atoms with E-state index in [1.807, 2.05) is 17.5 Å². The van der Waals surface area contributed by atoms with E-state index < -0.39 is 15.3 Å². The molecular weight excluding hydrogens is 482 g/mol. The maximum absolute atomic E-state index is 12.7. The molecule has 0 saturated carbocycles. The predicted octanol–water partition coefficient (Wildman–Crippen LogP) is 2.87. The van der Waals surface area contributed by atoms with Gasteiger partial charge in [-0.1, -0.05) is 24.2 Å². The molecule has 2 fully saturated rings. The van der Waals surface area contributed by atoms with Crippen LogP contribution in [-0.4, -0.2) is 54.3 Å². The number of sulfonamides is 1. The summed E-state index contributed by atoms with van der Waals surface area (Å²) in [5.74, 6) is -0.652. The third-order valence-corrected chi connectivity index (χ3v) is 8.91. The molecule has 1 aromatic carbocycles. The topological polar surface area (TPSA) is 120 Å². The first-order chi connectivity index (χ1) is 15.9. The second kappa shape index (κ2) is 10.6. The van der Waals surface area contributed by atoms with E-state index in [9.17, 15) is 18.0 Å². The van der Waals surface area contributed by atoms with Crippen LogP contribution in [0.2, 0.25) is 0 Å². The van der Waals surface area contributed by atoms with Crippen molar-refractivity contribution in [3.63, 3.8) is 0 Å². The molecule has 12 heteroatoms. The highest BCUT2D eigenvalue weighted by atomic mass is 32.2. The number of hydrogen-bond acceptors (Lipinski definition) is 8. The fourth-order valence-corrected chi connectivity index (χ4v) is 6.45. The van der Waals surface area contributed by atoms with Crippen LogP contribution < -0.4 is 10.6 Å². The molecule has 2 aliphatic heterocycles. The highest BCUT2D eigenvalue weighted by molar-refractivity contribution is 8.15. The van der Waals surface area contributed by atoms with Crippen molar-refractivity contribution in [1.82, 2.24) is 9.62 Å². The highest BCUT2D eigenvalue weighted by Gasteiger charge is 2.32.